The van der Waals surface area contributed by atoms with Crippen LogP contribution in [0.5, 0.6) is 0 Å². The Morgan fingerprint density at radius 2 is 2.39 bits per heavy atom. The van der Waals surface area contributed by atoms with Gasteiger partial charge in [0.05, 0.1) is 0 Å². The molecule has 2 rings (SSSR count). The highest BCUT2D eigenvalue weighted by molar-refractivity contribution is 5.32. The van der Waals surface area contributed by atoms with Crippen molar-refractivity contribution < 1.29 is 0 Å². The summed E-state index contributed by atoms with van der Waals surface area (Å²) in [6.07, 6.45) is 5.87. The third kappa shape index (κ3) is 3.05. The monoisotopic (exact) mass is 250 g/mol. The first-order valence-corrected chi connectivity index (χ1v) is 7.15. The molecule has 1 atom stereocenters. The molecule has 1 aliphatic heterocycles. The van der Waals surface area contributed by atoms with Gasteiger partial charge in [0.1, 0.15) is 5.82 Å². The van der Waals surface area contributed by atoms with Gasteiger partial charge in [-0.25, -0.2) is 0 Å². The van der Waals surface area contributed by atoms with Crippen LogP contribution in [0.25, 0.3) is 0 Å². The van der Waals surface area contributed by atoms with Crippen molar-refractivity contribution in [3.05, 3.63) is 12.3 Å². The molecule has 1 aliphatic rings. The SMILES string of the molecule is CCC1(CNc2ccn(C(C)C)n2)CCCNC1. The molecule has 0 bridgehead atoms. The van der Waals surface area contributed by atoms with Crippen molar-refractivity contribution in [2.24, 2.45) is 5.41 Å². The number of nitrogens with one attached hydrogen (secondary N) is 2. The summed E-state index contributed by atoms with van der Waals surface area (Å²) in [6.45, 7) is 9.91. The van der Waals surface area contributed by atoms with Crippen molar-refractivity contribution in [3.63, 3.8) is 0 Å². The van der Waals surface area contributed by atoms with Crippen LogP contribution in [0, 0.1) is 5.41 Å². The van der Waals surface area contributed by atoms with E-state index in [-0.39, 0.29) is 0 Å². The fourth-order valence-electron chi connectivity index (χ4n) is 2.61. The van der Waals surface area contributed by atoms with Gasteiger partial charge < -0.3 is 10.6 Å². The highest BCUT2D eigenvalue weighted by atomic mass is 15.3. The number of aromatic nitrogens is 2. The molecule has 1 aromatic rings. The zero-order chi connectivity index (χ0) is 13.0. The van der Waals surface area contributed by atoms with Gasteiger partial charge in [-0.2, -0.15) is 5.10 Å². The lowest BCUT2D eigenvalue weighted by atomic mass is 9.78. The van der Waals surface area contributed by atoms with E-state index in [1.807, 2.05) is 10.9 Å². The molecule has 1 unspecified atom stereocenters. The molecule has 0 spiro atoms. The van der Waals surface area contributed by atoms with Crippen LogP contribution in [0.1, 0.15) is 46.1 Å². The van der Waals surface area contributed by atoms with Gasteiger partial charge in [0.15, 0.2) is 0 Å². The Morgan fingerprint density at radius 1 is 1.56 bits per heavy atom. The molecule has 4 heteroatoms. The molecule has 18 heavy (non-hydrogen) atoms. The fourth-order valence-corrected chi connectivity index (χ4v) is 2.61. The van der Waals surface area contributed by atoms with E-state index in [2.05, 4.69) is 42.6 Å². The summed E-state index contributed by atoms with van der Waals surface area (Å²) in [4.78, 5) is 0. The van der Waals surface area contributed by atoms with E-state index in [4.69, 9.17) is 0 Å². The molecular weight excluding hydrogens is 224 g/mol. The summed E-state index contributed by atoms with van der Waals surface area (Å²) in [5.41, 5.74) is 0.403. The normalized spacial score (nSPS) is 24.4. The molecule has 1 aromatic heterocycles. The van der Waals surface area contributed by atoms with E-state index >= 15 is 0 Å². The quantitative estimate of drug-likeness (QED) is 0.844. The minimum atomic E-state index is 0.403. The Morgan fingerprint density at radius 3 is 2.94 bits per heavy atom. The van der Waals surface area contributed by atoms with Gasteiger partial charge in [0.2, 0.25) is 0 Å². The number of anilines is 1. The molecule has 0 aliphatic carbocycles. The van der Waals surface area contributed by atoms with Gasteiger partial charge in [-0.1, -0.05) is 6.92 Å². The van der Waals surface area contributed by atoms with Crippen molar-refractivity contribution in [1.29, 1.82) is 0 Å². The van der Waals surface area contributed by atoms with Gasteiger partial charge in [-0.3, -0.25) is 4.68 Å². The molecule has 2 N–H and O–H groups in total. The first kappa shape index (κ1) is 13.4. The maximum Gasteiger partial charge on any atom is 0.148 e. The molecule has 2 heterocycles. The Labute approximate surface area is 110 Å². The van der Waals surface area contributed by atoms with Crippen LogP contribution in [-0.4, -0.2) is 29.4 Å². The molecule has 0 saturated carbocycles. The molecular formula is C14H26N4. The van der Waals surface area contributed by atoms with E-state index in [0.29, 0.717) is 11.5 Å². The molecule has 1 saturated heterocycles. The van der Waals surface area contributed by atoms with Crippen molar-refractivity contribution in [2.45, 2.75) is 46.1 Å². The average molecular weight is 250 g/mol. The third-order valence-electron chi connectivity index (χ3n) is 4.09. The van der Waals surface area contributed by atoms with Gasteiger partial charge in [-0.05, 0) is 45.1 Å². The Hall–Kier alpha value is -1.03. The second kappa shape index (κ2) is 5.74. The molecule has 0 amide bonds. The first-order valence-electron chi connectivity index (χ1n) is 7.15. The van der Waals surface area contributed by atoms with Gasteiger partial charge >= 0.3 is 0 Å². The maximum atomic E-state index is 4.54. The van der Waals surface area contributed by atoms with Crippen molar-refractivity contribution in [2.75, 3.05) is 25.0 Å². The van der Waals surface area contributed by atoms with Crippen LogP contribution in [0.15, 0.2) is 12.3 Å². The molecule has 1 fully saturated rings. The Kier molecular flexibility index (Phi) is 4.27. The molecule has 4 nitrogen and oxygen atoms in total. The lowest BCUT2D eigenvalue weighted by molar-refractivity contribution is 0.216. The zero-order valence-corrected chi connectivity index (χ0v) is 11.9. The van der Waals surface area contributed by atoms with Gasteiger partial charge in [0.25, 0.3) is 0 Å². The van der Waals surface area contributed by atoms with Gasteiger partial charge in [0, 0.05) is 31.4 Å². The molecule has 0 aromatic carbocycles. The van der Waals surface area contributed by atoms with E-state index in [9.17, 15) is 0 Å². The van der Waals surface area contributed by atoms with Crippen LogP contribution in [0.3, 0.4) is 0 Å². The van der Waals surface area contributed by atoms with Gasteiger partial charge in [-0.15, -0.1) is 0 Å². The summed E-state index contributed by atoms with van der Waals surface area (Å²) in [5, 5.41) is 11.6. The predicted molar refractivity (Wildman–Crippen MR) is 75.9 cm³/mol. The summed E-state index contributed by atoms with van der Waals surface area (Å²) >= 11 is 0. The lowest BCUT2D eigenvalue weighted by Crippen LogP contribution is -2.44. The summed E-state index contributed by atoms with van der Waals surface area (Å²) in [7, 11) is 0. The third-order valence-corrected chi connectivity index (χ3v) is 4.09. The highest BCUT2D eigenvalue weighted by Crippen LogP contribution is 2.30. The van der Waals surface area contributed by atoms with Crippen LogP contribution in [0.2, 0.25) is 0 Å². The lowest BCUT2D eigenvalue weighted by Gasteiger charge is -2.37. The Balaban J connectivity index is 1.92. The van der Waals surface area contributed by atoms with E-state index < -0.39 is 0 Å². The standard InChI is InChI=1S/C14H26N4/c1-4-14(7-5-8-15-10-14)11-16-13-6-9-18(17-13)12(2)3/h6,9,12,15H,4-5,7-8,10-11H2,1-3H3,(H,16,17). The van der Waals surface area contributed by atoms with Crippen LogP contribution < -0.4 is 10.6 Å². The second-order valence-electron chi connectivity index (χ2n) is 5.76. The molecule has 102 valence electrons. The predicted octanol–water partition coefficient (Wildman–Crippen LogP) is 2.66. The Bertz CT molecular complexity index is 364. The topological polar surface area (TPSA) is 41.9 Å². The zero-order valence-electron chi connectivity index (χ0n) is 11.9. The number of nitrogens with zero attached hydrogens (tertiary/aromatic N) is 2. The van der Waals surface area contributed by atoms with Crippen molar-refractivity contribution in [1.82, 2.24) is 15.1 Å². The number of hydrogen-bond acceptors (Lipinski definition) is 3. The minimum Gasteiger partial charge on any atom is -0.368 e. The fraction of sp³-hybridized carbons (Fsp3) is 0.786. The van der Waals surface area contributed by atoms with Crippen molar-refractivity contribution in [3.8, 4) is 0 Å². The van der Waals surface area contributed by atoms with Crippen molar-refractivity contribution >= 4 is 5.82 Å². The maximum absolute atomic E-state index is 4.54. The number of rotatable bonds is 5. The summed E-state index contributed by atoms with van der Waals surface area (Å²) in [6, 6.07) is 2.50. The molecule has 0 radical (unpaired) electrons. The summed E-state index contributed by atoms with van der Waals surface area (Å²) < 4.78 is 2.00. The number of piperidine rings is 1. The highest BCUT2D eigenvalue weighted by Gasteiger charge is 2.29. The van der Waals surface area contributed by atoms with Crippen LogP contribution in [0.4, 0.5) is 5.82 Å². The first-order chi connectivity index (χ1) is 8.65. The van der Waals surface area contributed by atoms with Crippen LogP contribution in [-0.2, 0) is 0 Å². The van der Waals surface area contributed by atoms with E-state index in [1.54, 1.807) is 0 Å². The average Bonchev–Trinajstić information content (AvgIpc) is 2.87. The number of hydrogen-bond donors (Lipinski definition) is 2. The van der Waals surface area contributed by atoms with Crippen LogP contribution >= 0.6 is 0 Å². The smallest absolute Gasteiger partial charge is 0.148 e. The largest absolute Gasteiger partial charge is 0.368 e. The van der Waals surface area contributed by atoms with E-state index in [0.717, 1.165) is 18.9 Å². The summed E-state index contributed by atoms with van der Waals surface area (Å²) in [5.74, 6) is 1.00. The minimum absolute atomic E-state index is 0.403. The van der Waals surface area contributed by atoms with E-state index in [1.165, 1.54) is 25.8 Å². The second-order valence-corrected chi connectivity index (χ2v) is 5.76.